The molecule has 0 N–H and O–H groups in total. The van der Waals surface area contributed by atoms with Crippen molar-refractivity contribution in [1.82, 2.24) is 9.80 Å². The molecule has 1 saturated heterocycles. The number of nitrogens with zero attached hydrogens (tertiary/aromatic N) is 2. The third-order valence-corrected chi connectivity index (χ3v) is 4.56. The van der Waals surface area contributed by atoms with Crippen LogP contribution in [-0.4, -0.2) is 47.4 Å². The molecule has 1 heterocycles. The highest BCUT2D eigenvalue weighted by molar-refractivity contribution is 5.89. The van der Waals surface area contributed by atoms with E-state index >= 15 is 0 Å². The lowest BCUT2D eigenvalue weighted by Crippen LogP contribution is -2.39. The smallest absolute Gasteiger partial charge is 0.338 e. The summed E-state index contributed by atoms with van der Waals surface area (Å²) in [5.74, 6) is -2.14. The Kier molecular flexibility index (Phi) is 7.21. The molecule has 1 atom stereocenters. The first-order valence-electron chi connectivity index (χ1n) is 9.07. The van der Waals surface area contributed by atoms with E-state index in [1.165, 1.54) is 12.1 Å². The second kappa shape index (κ2) is 9.19. The Balaban J connectivity index is 2.06. The monoisotopic (exact) mass is 388 g/mol. The van der Waals surface area contributed by atoms with E-state index in [9.17, 15) is 27.2 Å². The number of carbonyl (C=O) groups excluding carboxylic acids is 2. The van der Waals surface area contributed by atoms with Gasteiger partial charge in [-0.1, -0.05) is 31.9 Å². The molecule has 1 aromatic carbocycles. The number of hydrogen-bond donors (Lipinski definition) is 0. The summed E-state index contributed by atoms with van der Waals surface area (Å²) >= 11 is 0. The fourth-order valence-corrected chi connectivity index (χ4v) is 3.20. The summed E-state index contributed by atoms with van der Waals surface area (Å²) in [6, 6.07) is 5.75. The third kappa shape index (κ3) is 6.52. The summed E-state index contributed by atoms with van der Waals surface area (Å²) in [5, 5.41) is 0. The highest BCUT2D eigenvalue weighted by Gasteiger charge is 2.41. The number of likely N-dealkylation sites (tertiary alicyclic amines) is 1. The molecule has 1 fully saturated rings. The Morgan fingerprint density at radius 1 is 1.22 bits per heavy atom. The molecule has 0 aromatic heterocycles. The van der Waals surface area contributed by atoms with Gasteiger partial charge in [-0.3, -0.25) is 9.59 Å². The lowest BCUT2D eigenvalue weighted by atomic mass is 10.1. The van der Waals surface area contributed by atoms with Gasteiger partial charge in [0, 0.05) is 26.1 Å². The number of halogens is 4. The van der Waals surface area contributed by atoms with Crippen LogP contribution in [0.3, 0.4) is 0 Å². The van der Waals surface area contributed by atoms with Gasteiger partial charge in [-0.25, -0.2) is 4.39 Å². The minimum atomic E-state index is -4.48. The van der Waals surface area contributed by atoms with E-state index in [1.807, 2.05) is 6.92 Å². The summed E-state index contributed by atoms with van der Waals surface area (Å²) in [4.78, 5) is 27.0. The second-order valence-electron chi connectivity index (χ2n) is 6.88. The molecular weight excluding hydrogens is 364 g/mol. The van der Waals surface area contributed by atoms with Crippen molar-refractivity contribution in [2.45, 2.75) is 45.3 Å². The van der Waals surface area contributed by atoms with Crippen LogP contribution < -0.4 is 0 Å². The molecule has 0 spiro atoms. The molecule has 2 amide bonds. The summed E-state index contributed by atoms with van der Waals surface area (Å²) in [5.41, 5.74) is 0.734. The Bertz CT molecular complexity index is 646. The molecule has 0 aliphatic carbocycles. The largest absolute Gasteiger partial charge is 0.406 e. The Labute approximate surface area is 156 Å². The molecule has 150 valence electrons. The zero-order valence-electron chi connectivity index (χ0n) is 15.3. The van der Waals surface area contributed by atoms with Crippen LogP contribution in [0.15, 0.2) is 24.3 Å². The van der Waals surface area contributed by atoms with Crippen molar-refractivity contribution in [3.63, 3.8) is 0 Å². The van der Waals surface area contributed by atoms with Gasteiger partial charge >= 0.3 is 6.18 Å². The number of hydrogen-bond acceptors (Lipinski definition) is 2. The fourth-order valence-electron chi connectivity index (χ4n) is 3.20. The topological polar surface area (TPSA) is 40.6 Å². The number of rotatable bonds is 8. The average molecular weight is 388 g/mol. The summed E-state index contributed by atoms with van der Waals surface area (Å²) in [7, 11) is 0. The molecule has 27 heavy (non-hydrogen) atoms. The molecule has 0 bridgehead atoms. The van der Waals surface area contributed by atoms with Crippen molar-refractivity contribution in [3.05, 3.63) is 35.6 Å². The maximum Gasteiger partial charge on any atom is 0.406 e. The number of amides is 2. The van der Waals surface area contributed by atoms with Crippen LogP contribution >= 0.6 is 0 Å². The lowest BCUT2D eigenvalue weighted by molar-refractivity contribution is -0.157. The van der Waals surface area contributed by atoms with Crippen LogP contribution in [0.1, 0.15) is 38.2 Å². The standard InChI is InChI=1S/C19H24F4N2O2/c1-2-3-4-9-24(11-14-5-7-16(20)8-6-14)18(27)15-10-17(26)25(12-15)13-19(21,22)23/h5-8,15H,2-4,9-13H2,1H3. The van der Waals surface area contributed by atoms with Crippen molar-refractivity contribution in [2.24, 2.45) is 5.92 Å². The van der Waals surface area contributed by atoms with Crippen molar-refractivity contribution < 1.29 is 27.2 Å². The summed E-state index contributed by atoms with van der Waals surface area (Å²) < 4.78 is 50.8. The normalized spacial score (nSPS) is 17.4. The van der Waals surface area contributed by atoms with E-state index in [0.717, 1.165) is 24.8 Å². The van der Waals surface area contributed by atoms with Gasteiger partial charge in [0.1, 0.15) is 12.4 Å². The van der Waals surface area contributed by atoms with Crippen LogP contribution in [0.2, 0.25) is 0 Å². The Morgan fingerprint density at radius 3 is 2.48 bits per heavy atom. The van der Waals surface area contributed by atoms with Crippen molar-refractivity contribution in [2.75, 3.05) is 19.6 Å². The summed E-state index contributed by atoms with van der Waals surface area (Å²) in [6.07, 6.45) is -2.06. The van der Waals surface area contributed by atoms with E-state index in [2.05, 4.69) is 0 Å². The van der Waals surface area contributed by atoms with Gasteiger partial charge in [0.05, 0.1) is 5.92 Å². The zero-order valence-corrected chi connectivity index (χ0v) is 15.3. The number of benzene rings is 1. The molecule has 0 radical (unpaired) electrons. The van der Waals surface area contributed by atoms with Crippen LogP contribution in [0, 0.1) is 11.7 Å². The summed E-state index contributed by atoms with van der Waals surface area (Å²) in [6.45, 7) is 1.17. The molecule has 1 aliphatic heterocycles. The maximum absolute atomic E-state index is 13.1. The molecule has 1 aromatic rings. The van der Waals surface area contributed by atoms with Gasteiger partial charge in [-0.15, -0.1) is 0 Å². The van der Waals surface area contributed by atoms with Crippen LogP contribution in [0.4, 0.5) is 17.6 Å². The van der Waals surface area contributed by atoms with Gasteiger partial charge in [0.2, 0.25) is 11.8 Å². The fraction of sp³-hybridized carbons (Fsp3) is 0.579. The van der Waals surface area contributed by atoms with Gasteiger partial charge < -0.3 is 9.80 Å². The van der Waals surface area contributed by atoms with Crippen LogP contribution in [-0.2, 0) is 16.1 Å². The van der Waals surface area contributed by atoms with E-state index < -0.39 is 24.5 Å². The van der Waals surface area contributed by atoms with Gasteiger partial charge in [0.25, 0.3) is 0 Å². The van der Waals surface area contributed by atoms with Gasteiger partial charge in [-0.05, 0) is 24.1 Å². The predicted molar refractivity (Wildman–Crippen MR) is 92.1 cm³/mol. The molecular formula is C19H24F4N2O2. The predicted octanol–water partition coefficient (Wildman–Crippen LogP) is 3.76. The quantitative estimate of drug-likeness (QED) is 0.503. The van der Waals surface area contributed by atoms with Crippen molar-refractivity contribution in [1.29, 1.82) is 0 Å². The number of carbonyl (C=O) groups is 2. The molecule has 4 nitrogen and oxygen atoms in total. The van der Waals surface area contributed by atoms with Crippen molar-refractivity contribution >= 4 is 11.8 Å². The number of unbranched alkanes of at least 4 members (excludes halogenated alkanes) is 2. The maximum atomic E-state index is 13.1. The van der Waals surface area contributed by atoms with E-state index in [0.29, 0.717) is 11.4 Å². The zero-order chi connectivity index (χ0) is 20.0. The van der Waals surface area contributed by atoms with E-state index in [4.69, 9.17) is 0 Å². The molecule has 8 heteroatoms. The SMILES string of the molecule is CCCCCN(Cc1ccc(F)cc1)C(=O)C1CC(=O)N(CC(F)(F)F)C1. The third-order valence-electron chi connectivity index (χ3n) is 4.56. The number of alkyl halides is 3. The van der Waals surface area contributed by atoms with E-state index in [1.54, 1.807) is 17.0 Å². The highest BCUT2D eigenvalue weighted by Crippen LogP contribution is 2.26. The van der Waals surface area contributed by atoms with Gasteiger partial charge in [-0.2, -0.15) is 13.2 Å². The minimum absolute atomic E-state index is 0.206. The average Bonchev–Trinajstić information content (AvgIpc) is 2.94. The van der Waals surface area contributed by atoms with Gasteiger partial charge in [0.15, 0.2) is 0 Å². The van der Waals surface area contributed by atoms with Crippen molar-refractivity contribution in [3.8, 4) is 0 Å². The first-order chi connectivity index (χ1) is 12.7. The highest BCUT2D eigenvalue weighted by atomic mass is 19.4. The van der Waals surface area contributed by atoms with Crippen LogP contribution in [0.5, 0.6) is 0 Å². The molecule has 0 saturated carbocycles. The van der Waals surface area contributed by atoms with E-state index in [-0.39, 0.29) is 31.2 Å². The molecule has 2 rings (SSSR count). The Morgan fingerprint density at radius 2 is 1.89 bits per heavy atom. The molecule has 1 unspecified atom stereocenters. The lowest BCUT2D eigenvalue weighted by Gasteiger charge is -2.26. The first-order valence-corrected chi connectivity index (χ1v) is 9.07. The Hall–Kier alpha value is -2.12. The minimum Gasteiger partial charge on any atom is -0.338 e. The second-order valence-corrected chi connectivity index (χ2v) is 6.88. The van der Waals surface area contributed by atoms with Crippen LogP contribution in [0.25, 0.3) is 0 Å². The first kappa shape index (κ1) is 21.2. The molecule has 1 aliphatic rings.